The van der Waals surface area contributed by atoms with E-state index in [1.54, 1.807) is 18.2 Å². The van der Waals surface area contributed by atoms with Gasteiger partial charge in [0.25, 0.3) is 0 Å². The summed E-state index contributed by atoms with van der Waals surface area (Å²) in [6.45, 7) is 1.94. The fraction of sp³-hybridized carbons (Fsp3) is 0.467. The fourth-order valence-corrected chi connectivity index (χ4v) is 3.08. The molecule has 2 aromatic rings. The molecular weight excluding hydrogens is 341 g/mol. The first-order chi connectivity index (χ1) is 11.1. The van der Waals surface area contributed by atoms with Gasteiger partial charge in [-0.15, -0.1) is 0 Å². The van der Waals surface area contributed by atoms with E-state index in [2.05, 4.69) is 15.5 Å². The number of aliphatic hydroxyl groups is 1. The van der Waals surface area contributed by atoms with E-state index >= 15 is 0 Å². The zero-order valence-corrected chi connectivity index (χ0v) is 13.9. The highest BCUT2D eigenvalue weighted by Crippen LogP contribution is 2.31. The quantitative estimate of drug-likeness (QED) is 0.854. The van der Waals surface area contributed by atoms with Crippen molar-refractivity contribution >= 4 is 29.2 Å². The Morgan fingerprint density at radius 2 is 1.87 bits per heavy atom. The molecule has 0 bridgehead atoms. The zero-order valence-electron chi connectivity index (χ0n) is 12.4. The molecule has 3 rings (SSSR count). The molecule has 0 unspecified atom stereocenters. The third kappa shape index (κ3) is 3.95. The fourth-order valence-electron chi connectivity index (χ4n) is 2.55. The third-order valence-electron chi connectivity index (χ3n) is 4.05. The molecule has 1 saturated heterocycles. The predicted octanol–water partition coefficient (Wildman–Crippen LogP) is 3.24. The van der Waals surface area contributed by atoms with E-state index in [1.165, 1.54) is 0 Å². The molecule has 2 heterocycles. The normalized spacial score (nSPS) is 17.2. The lowest BCUT2D eigenvalue weighted by Crippen LogP contribution is -2.39. The van der Waals surface area contributed by atoms with Gasteiger partial charge in [0.05, 0.1) is 6.61 Å². The minimum atomic E-state index is -0.216. The minimum absolute atomic E-state index is 0.0915. The highest BCUT2D eigenvalue weighted by Gasteiger charge is 2.32. The largest absolute Gasteiger partial charge is 0.396 e. The molecule has 1 aromatic carbocycles. The molecule has 0 aliphatic carbocycles. The summed E-state index contributed by atoms with van der Waals surface area (Å²) in [7, 11) is 0. The first-order valence-corrected chi connectivity index (χ1v) is 8.08. The van der Waals surface area contributed by atoms with Gasteiger partial charge in [-0.1, -0.05) is 28.4 Å². The average molecular weight is 358 g/mol. The van der Waals surface area contributed by atoms with Gasteiger partial charge in [0.1, 0.15) is 0 Å². The van der Waals surface area contributed by atoms with Gasteiger partial charge in [-0.3, -0.25) is 0 Å². The summed E-state index contributed by atoms with van der Waals surface area (Å²) in [5, 5.41) is 17.7. The summed E-state index contributed by atoms with van der Waals surface area (Å²) in [6.07, 6.45) is 1.59. The summed E-state index contributed by atoms with van der Waals surface area (Å²) >= 11 is 12.0. The van der Waals surface area contributed by atoms with Gasteiger partial charge >= 0.3 is 6.01 Å². The van der Waals surface area contributed by atoms with Crippen LogP contribution in [-0.4, -0.2) is 41.6 Å². The molecule has 1 aliphatic heterocycles. The predicted molar refractivity (Wildman–Crippen MR) is 87.8 cm³/mol. The summed E-state index contributed by atoms with van der Waals surface area (Å²) < 4.78 is 10.6. The summed E-state index contributed by atoms with van der Waals surface area (Å²) in [6, 6.07) is 5.38. The van der Waals surface area contributed by atoms with Crippen molar-refractivity contribution in [2.45, 2.75) is 12.8 Å². The van der Waals surface area contributed by atoms with Crippen LogP contribution in [-0.2, 0) is 4.74 Å². The van der Waals surface area contributed by atoms with E-state index in [4.69, 9.17) is 32.5 Å². The van der Waals surface area contributed by atoms with E-state index < -0.39 is 0 Å². The summed E-state index contributed by atoms with van der Waals surface area (Å²) in [5.41, 5.74) is 0.467. The second-order valence-electron chi connectivity index (χ2n) is 5.71. The molecule has 0 radical (unpaired) electrons. The van der Waals surface area contributed by atoms with Crippen LogP contribution >= 0.6 is 23.2 Å². The lowest BCUT2D eigenvalue weighted by Gasteiger charge is -2.35. The molecule has 1 aliphatic rings. The van der Waals surface area contributed by atoms with Crippen LogP contribution in [0.25, 0.3) is 11.4 Å². The first kappa shape index (κ1) is 16.5. The molecule has 124 valence electrons. The van der Waals surface area contributed by atoms with Gasteiger partial charge in [0.15, 0.2) is 0 Å². The Bertz CT molecular complexity index is 651. The maximum absolute atomic E-state index is 9.67. The number of hydrogen-bond acceptors (Lipinski definition) is 6. The van der Waals surface area contributed by atoms with E-state index in [0.717, 1.165) is 12.8 Å². The lowest BCUT2D eigenvalue weighted by atomic mass is 9.81. The van der Waals surface area contributed by atoms with Crippen molar-refractivity contribution in [2.24, 2.45) is 5.41 Å². The number of nitrogens with zero attached hydrogens (tertiary/aromatic N) is 2. The SMILES string of the molecule is OCC1(CNc2nc(-c3cc(Cl)cc(Cl)c3)no2)CCOCC1. The van der Waals surface area contributed by atoms with Gasteiger partial charge in [0.2, 0.25) is 5.82 Å². The number of halogens is 2. The topological polar surface area (TPSA) is 80.4 Å². The average Bonchev–Trinajstić information content (AvgIpc) is 3.02. The Balaban J connectivity index is 1.69. The molecule has 0 amide bonds. The van der Waals surface area contributed by atoms with Crippen molar-refractivity contribution in [2.75, 3.05) is 31.7 Å². The number of ether oxygens (including phenoxy) is 1. The van der Waals surface area contributed by atoms with Crippen LogP contribution in [0.1, 0.15) is 12.8 Å². The number of hydrogen-bond donors (Lipinski definition) is 2. The Morgan fingerprint density at radius 1 is 1.17 bits per heavy atom. The summed E-state index contributed by atoms with van der Waals surface area (Å²) in [4.78, 5) is 4.29. The van der Waals surface area contributed by atoms with Crippen molar-refractivity contribution in [1.82, 2.24) is 10.1 Å². The number of benzene rings is 1. The number of rotatable bonds is 5. The Labute approximate surface area is 143 Å². The highest BCUT2D eigenvalue weighted by atomic mass is 35.5. The van der Waals surface area contributed by atoms with Crippen LogP contribution in [0, 0.1) is 5.41 Å². The first-order valence-electron chi connectivity index (χ1n) is 7.33. The van der Waals surface area contributed by atoms with E-state index in [9.17, 15) is 5.11 Å². The van der Waals surface area contributed by atoms with E-state index in [0.29, 0.717) is 47.2 Å². The van der Waals surface area contributed by atoms with Gasteiger partial charge in [-0.25, -0.2) is 0 Å². The van der Waals surface area contributed by atoms with Crippen molar-refractivity contribution in [3.05, 3.63) is 28.2 Å². The smallest absolute Gasteiger partial charge is 0.321 e. The summed E-state index contributed by atoms with van der Waals surface area (Å²) in [5.74, 6) is 0.405. The van der Waals surface area contributed by atoms with Gasteiger partial charge in [-0.2, -0.15) is 4.98 Å². The van der Waals surface area contributed by atoms with Gasteiger partial charge in [0, 0.05) is 40.8 Å². The number of nitrogens with one attached hydrogen (secondary N) is 1. The van der Waals surface area contributed by atoms with E-state index in [-0.39, 0.29) is 12.0 Å². The molecule has 23 heavy (non-hydrogen) atoms. The molecule has 8 heteroatoms. The maximum Gasteiger partial charge on any atom is 0.321 e. The van der Waals surface area contributed by atoms with Gasteiger partial charge < -0.3 is 19.7 Å². The number of aromatic nitrogens is 2. The standard InChI is InChI=1S/C15H17Cl2N3O3/c16-11-5-10(6-12(17)7-11)13-19-14(23-20-13)18-8-15(9-21)1-3-22-4-2-15/h5-7,21H,1-4,8-9H2,(H,18,19,20). The third-order valence-corrected chi connectivity index (χ3v) is 4.49. The van der Waals surface area contributed by atoms with Gasteiger partial charge in [-0.05, 0) is 31.0 Å². The second kappa shape index (κ2) is 7.05. The Kier molecular flexibility index (Phi) is 5.06. The molecule has 1 aromatic heterocycles. The van der Waals surface area contributed by atoms with Crippen LogP contribution in [0.4, 0.5) is 6.01 Å². The van der Waals surface area contributed by atoms with Crippen molar-refractivity contribution in [3.63, 3.8) is 0 Å². The molecular formula is C15H17Cl2N3O3. The highest BCUT2D eigenvalue weighted by molar-refractivity contribution is 6.35. The van der Waals surface area contributed by atoms with Crippen molar-refractivity contribution < 1.29 is 14.4 Å². The molecule has 0 atom stereocenters. The van der Waals surface area contributed by atoms with Crippen LogP contribution in [0.15, 0.2) is 22.7 Å². The zero-order chi connectivity index (χ0) is 16.3. The Morgan fingerprint density at radius 3 is 2.52 bits per heavy atom. The van der Waals surface area contributed by atoms with Crippen molar-refractivity contribution in [1.29, 1.82) is 0 Å². The number of aliphatic hydroxyl groups excluding tert-OH is 1. The Hall–Kier alpha value is -1.34. The molecule has 2 N–H and O–H groups in total. The van der Waals surface area contributed by atoms with Crippen molar-refractivity contribution in [3.8, 4) is 11.4 Å². The monoisotopic (exact) mass is 357 g/mol. The molecule has 6 nitrogen and oxygen atoms in total. The van der Waals surface area contributed by atoms with E-state index in [1.807, 2.05) is 0 Å². The van der Waals surface area contributed by atoms with Crippen LogP contribution in [0.5, 0.6) is 0 Å². The number of anilines is 1. The minimum Gasteiger partial charge on any atom is -0.396 e. The molecule has 0 saturated carbocycles. The lowest BCUT2D eigenvalue weighted by molar-refractivity contribution is -0.00884. The second-order valence-corrected chi connectivity index (χ2v) is 6.58. The molecule has 0 spiro atoms. The maximum atomic E-state index is 9.67. The molecule has 1 fully saturated rings. The van der Waals surface area contributed by atoms with Crippen LogP contribution in [0.2, 0.25) is 10.0 Å². The van der Waals surface area contributed by atoms with Crippen LogP contribution in [0.3, 0.4) is 0 Å². The van der Waals surface area contributed by atoms with Crippen LogP contribution < -0.4 is 5.32 Å².